The number of nitrogens with zero attached hydrogens (tertiary/aromatic N) is 3. The van der Waals surface area contributed by atoms with Gasteiger partial charge >= 0.3 is 0 Å². The molecule has 1 fully saturated rings. The smallest absolute Gasteiger partial charge is 0.140 e. The molecule has 0 spiro atoms. The molecule has 0 aliphatic carbocycles. The minimum Gasteiger partial charge on any atom is -0.399 e. The highest BCUT2D eigenvalue weighted by atomic mass is 15.2. The van der Waals surface area contributed by atoms with Crippen LogP contribution in [0.3, 0.4) is 0 Å². The second-order valence-electron chi connectivity index (χ2n) is 4.87. The van der Waals surface area contributed by atoms with E-state index in [1.165, 1.54) is 0 Å². The van der Waals surface area contributed by atoms with Crippen molar-refractivity contribution >= 4 is 22.4 Å². The molecule has 0 amide bonds. The lowest BCUT2D eigenvalue weighted by Gasteiger charge is -2.19. The van der Waals surface area contributed by atoms with Gasteiger partial charge in [-0.25, -0.2) is 9.97 Å². The lowest BCUT2D eigenvalue weighted by molar-refractivity contribution is 0.751. The van der Waals surface area contributed by atoms with Gasteiger partial charge in [-0.3, -0.25) is 0 Å². The highest BCUT2D eigenvalue weighted by Gasteiger charge is 2.22. The molecule has 1 aromatic carbocycles. The molecule has 1 unspecified atom stereocenters. The lowest BCUT2D eigenvalue weighted by Crippen LogP contribution is -2.27. The number of anilines is 2. The van der Waals surface area contributed by atoms with E-state index < -0.39 is 0 Å². The average Bonchev–Trinajstić information content (AvgIpc) is 2.74. The summed E-state index contributed by atoms with van der Waals surface area (Å²) in [6.07, 6.45) is 1.01. The van der Waals surface area contributed by atoms with Gasteiger partial charge in [-0.1, -0.05) is 0 Å². The van der Waals surface area contributed by atoms with Gasteiger partial charge in [-0.15, -0.1) is 0 Å². The monoisotopic (exact) mass is 243 g/mol. The van der Waals surface area contributed by atoms with E-state index >= 15 is 0 Å². The number of hydrogen-bond donors (Lipinski definition) is 2. The van der Waals surface area contributed by atoms with Crippen molar-refractivity contribution in [1.29, 1.82) is 0 Å². The molecule has 18 heavy (non-hydrogen) atoms. The molecule has 1 aliphatic heterocycles. The summed E-state index contributed by atoms with van der Waals surface area (Å²) in [6, 6.07) is 6.01. The fourth-order valence-electron chi connectivity index (χ4n) is 2.46. The van der Waals surface area contributed by atoms with E-state index in [9.17, 15) is 0 Å². The van der Waals surface area contributed by atoms with E-state index in [4.69, 9.17) is 11.5 Å². The third-order valence-corrected chi connectivity index (χ3v) is 3.34. The largest absolute Gasteiger partial charge is 0.399 e. The molecule has 1 atom stereocenters. The van der Waals surface area contributed by atoms with Crippen LogP contribution in [0.2, 0.25) is 0 Å². The fraction of sp³-hybridized carbons (Fsp3) is 0.385. The maximum Gasteiger partial charge on any atom is 0.140 e. The van der Waals surface area contributed by atoms with Crippen molar-refractivity contribution in [3.63, 3.8) is 0 Å². The van der Waals surface area contributed by atoms with Crippen molar-refractivity contribution in [2.45, 2.75) is 19.4 Å². The first kappa shape index (κ1) is 11.2. The fourth-order valence-corrected chi connectivity index (χ4v) is 2.46. The topological polar surface area (TPSA) is 81.1 Å². The Morgan fingerprint density at radius 3 is 2.89 bits per heavy atom. The molecule has 5 heteroatoms. The van der Waals surface area contributed by atoms with Crippen molar-refractivity contribution in [3.8, 4) is 0 Å². The van der Waals surface area contributed by atoms with Crippen molar-refractivity contribution < 1.29 is 0 Å². The third kappa shape index (κ3) is 1.86. The van der Waals surface area contributed by atoms with Crippen molar-refractivity contribution in [2.24, 2.45) is 5.73 Å². The second-order valence-corrected chi connectivity index (χ2v) is 4.87. The molecule has 1 aromatic heterocycles. The van der Waals surface area contributed by atoms with Gasteiger partial charge in [0.25, 0.3) is 0 Å². The molecule has 0 bridgehead atoms. The Hall–Kier alpha value is -1.88. The molecular weight excluding hydrogens is 226 g/mol. The molecule has 0 saturated carbocycles. The first-order valence-electron chi connectivity index (χ1n) is 6.18. The zero-order chi connectivity index (χ0) is 12.7. The summed E-state index contributed by atoms with van der Waals surface area (Å²) in [5, 5.41) is 1.05. The zero-order valence-electron chi connectivity index (χ0n) is 10.4. The summed E-state index contributed by atoms with van der Waals surface area (Å²) in [4.78, 5) is 11.2. The second kappa shape index (κ2) is 4.10. The molecule has 2 heterocycles. The number of aromatic nitrogens is 2. The SMILES string of the molecule is Cc1nc(N2CCC(N)C2)c2ccc(N)cc2n1. The van der Waals surface area contributed by atoms with Crippen LogP contribution in [0.25, 0.3) is 10.9 Å². The van der Waals surface area contributed by atoms with Crippen molar-refractivity contribution in [3.05, 3.63) is 24.0 Å². The molecule has 94 valence electrons. The van der Waals surface area contributed by atoms with Crippen LogP contribution >= 0.6 is 0 Å². The van der Waals surface area contributed by atoms with Gasteiger partial charge in [0, 0.05) is 30.2 Å². The number of nitrogen functional groups attached to an aromatic ring is 1. The zero-order valence-corrected chi connectivity index (χ0v) is 10.4. The molecule has 2 aromatic rings. The van der Waals surface area contributed by atoms with Crippen molar-refractivity contribution in [2.75, 3.05) is 23.7 Å². The number of fused-ring (bicyclic) bond motifs is 1. The van der Waals surface area contributed by atoms with Crippen LogP contribution in [0.4, 0.5) is 11.5 Å². The Morgan fingerprint density at radius 2 is 2.17 bits per heavy atom. The van der Waals surface area contributed by atoms with Crippen LogP contribution in [-0.4, -0.2) is 29.1 Å². The summed E-state index contributed by atoms with van der Waals surface area (Å²) >= 11 is 0. The Morgan fingerprint density at radius 1 is 1.33 bits per heavy atom. The van der Waals surface area contributed by atoms with Crippen LogP contribution in [0.15, 0.2) is 18.2 Å². The van der Waals surface area contributed by atoms with E-state index in [2.05, 4.69) is 14.9 Å². The van der Waals surface area contributed by atoms with Crippen molar-refractivity contribution in [1.82, 2.24) is 9.97 Å². The van der Waals surface area contributed by atoms with Crippen LogP contribution in [0.5, 0.6) is 0 Å². The third-order valence-electron chi connectivity index (χ3n) is 3.34. The summed E-state index contributed by atoms with van der Waals surface area (Å²) in [7, 11) is 0. The molecule has 5 nitrogen and oxygen atoms in total. The van der Waals surface area contributed by atoms with Crippen LogP contribution in [-0.2, 0) is 0 Å². The number of rotatable bonds is 1. The number of nitrogens with two attached hydrogens (primary N) is 2. The normalized spacial score (nSPS) is 19.7. The Bertz CT molecular complexity index is 590. The highest BCUT2D eigenvalue weighted by molar-refractivity contribution is 5.91. The van der Waals surface area contributed by atoms with Gasteiger partial charge in [0.2, 0.25) is 0 Å². The Kier molecular flexibility index (Phi) is 2.56. The summed E-state index contributed by atoms with van der Waals surface area (Å²) in [6.45, 7) is 3.72. The quantitative estimate of drug-likeness (QED) is 0.732. The van der Waals surface area contributed by atoms with E-state index in [0.29, 0.717) is 0 Å². The lowest BCUT2D eigenvalue weighted by atomic mass is 10.2. The van der Waals surface area contributed by atoms with Gasteiger partial charge in [0.05, 0.1) is 5.52 Å². The van der Waals surface area contributed by atoms with E-state index in [1.54, 1.807) is 0 Å². The molecular formula is C13H17N5. The number of hydrogen-bond acceptors (Lipinski definition) is 5. The van der Waals surface area contributed by atoms with E-state index in [0.717, 1.165) is 47.7 Å². The predicted octanol–water partition coefficient (Wildman–Crippen LogP) is 1.06. The average molecular weight is 243 g/mol. The summed E-state index contributed by atoms with van der Waals surface area (Å²) < 4.78 is 0. The predicted molar refractivity (Wildman–Crippen MR) is 73.5 cm³/mol. The summed E-state index contributed by atoms with van der Waals surface area (Å²) in [5.41, 5.74) is 13.4. The minimum atomic E-state index is 0.240. The minimum absolute atomic E-state index is 0.240. The first-order valence-corrected chi connectivity index (χ1v) is 6.18. The number of benzene rings is 1. The van der Waals surface area contributed by atoms with Crippen LogP contribution in [0, 0.1) is 6.92 Å². The van der Waals surface area contributed by atoms with Gasteiger partial charge in [0.1, 0.15) is 11.6 Å². The van der Waals surface area contributed by atoms with Gasteiger partial charge in [0.15, 0.2) is 0 Å². The van der Waals surface area contributed by atoms with Crippen LogP contribution in [0.1, 0.15) is 12.2 Å². The maximum atomic E-state index is 5.96. The van der Waals surface area contributed by atoms with Gasteiger partial charge in [-0.2, -0.15) is 0 Å². The first-order chi connectivity index (χ1) is 8.63. The Balaban J connectivity index is 2.15. The molecule has 0 radical (unpaired) electrons. The van der Waals surface area contributed by atoms with Gasteiger partial charge < -0.3 is 16.4 Å². The number of aryl methyl sites for hydroxylation is 1. The summed E-state index contributed by atoms with van der Waals surface area (Å²) in [5.74, 6) is 1.74. The molecule has 1 aliphatic rings. The van der Waals surface area contributed by atoms with Crippen LogP contribution < -0.4 is 16.4 Å². The van der Waals surface area contributed by atoms with E-state index in [-0.39, 0.29) is 6.04 Å². The molecule has 1 saturated heterocycles. The molecule has 4 N–H and O–H groups in total. The molecule has 3 rings (SSSR count). The maximum absolute atomic E-state index is 5.96. The highest BCUT2D eigenvalue weighted by Crippen LogP contribution is 2.27. The Labute approximate surface area is 106 Å². The standard InChI is InChI=1S/C13H17N5/c1-8-16-12-6-9(14)2-3-11(12)13(17-8)18-5-4-10(15)7-18/h2-3,6,10H,4-5,7,14-15H2,1H3. The van der Waals surface area contributed by atoms with Gasteiger partial charge in [-0.05, 0) is 31.5 Å². The van der Waals surface area contributed by atoms with E-state index in [1.807, 2.05) is 25.1 Å².